The number of halogens is 2. The summed E-state index contributed by atoms with van der Waals surface area (Å²) in [6, 6.07) is 3.20. The molecular weight excluding hydrogens is 422 g/mol. The van der Waals surface area contributed by atoms with Crippen LogP contribution in [0, 0.1) is 0 Å². The first-order chi connectivity index (χ1) is 9.70. The number of anilines is 1. The molecule has 0 radical (unpaired) electrons. The van der Waals surface area contributed by atoms with E-state index in [9.17, 15) is 8.42 Å². The van der Waals surface area contributed by atoms with E-state index in [0.29, 0.717) is 27.7 Å². The lowest BCUT2D eigenvalue weighted by Gasteiger charge is -2.23. The highest BCUT2D eigenvalue weighted by Crippen LogP contribution is 2.34. The third kappa shape index (κ3) is 4.92. The minimum Gasteiger partial charge on any atom is -0.399 e. The van der Waals surface area contributed by atoms with Crippen LogP contribution in [0.5, 0.6) is 0 Å². The topological polar surface area (TPSA) is 66.6 Å². The molecule has 0 unspecified atom stereocenters. The molecule has 0 aliphatic rings. The highest BCUT2D eigenvalue weighted by atomic mass is 79.9. The number of nitrogens with zero attached hydrogens (tertiary/aromatic N) is 2. The lowest BCUT2D eigenvalue weighted by atomic mass is 10.3. The van der Waals surface area contributed by atoms with Gasteiger partial charge >= 0.3 is 0 Å². The largest absolute Gasteiger partial charge is 0.399 e. The minimum absolute atomic E-state index is 0.225. The predicted molar refractivity (Wildman–Crippen MR) is 93.9 cm³/mol. The normalized spacial score (nSPS) is 12.3. The second-order valence-corrected chi connectivity index (χ2v) is 8.55. The molecule has 21 heavy (non-hydrogen) atoms. The first-order valence-electron chi connectivity index (χ1n) is 6.59. The van der Waals surface area contributed by atoms with E-state index >= 15 is 0 Å². The van der Waals surface area contributed by atoms with Gasteiger partial charge in [-0.1, -0.05) is 6.92 Å². The highest BCUT2D eigenvalue weighted by molar-refractivity contribution is 9.11. The van der Waals surface area contributed by atoms with Crippen molar-refractivity contribution in [3.8, 4) is 0 Å². The summed E-state index contributed by atoms with van der Waals surface area (Å²) in [7, 11) is 0.379. The average Bonchev–Trinajstić information content (AvgIpc) is 2.32. The Labute approximate surface area is 143 Å². The van der Waals surface area contributed by atoms with E-state index in [1.165, 1.54) is 4.31 Å². The lowest BCUT2D eigenvalue weighted by molar-refractivity contribution is 0.356. The van der Waals surface area contributed by atoms with Crippen molar-refractivity contribution in [2.24, 2.45) is 0 Å². The van der Waals surface area contributed by atoms with Gasteiger partial charge in [-0.25, -0.2) is 8.42 Å². The monoisotopic (exact) mass is 441 g/mol. The van der Waals surface area contributed by atoms with Crippen molar-refractivity contribution in [3.63, 3.8) is 0 Å². The first-order valence-corrected chi connectivity index (χ1v) is 9.62. The maximum absolute atomic E-state index is 12.8. The van der Waals surface area contributed by atoms with Gasteiger partial charge in [0.15, 0.2) is 0 Å². The maximum atomic E-state index is 12.8. The van der Waals surface area contributed by atoms with Crippen molar-refractivity contribution >= 4 is 47.6 Å². The predicted octanol–water partition coefficient (Wildman–Crippen LogP) is 2.76. The summed E-state index contributed by atoms with van der Waals surface area (Å²) in [6.07, 6.45) is 0.782. The number of hydrogen-bond acceptors (Lipinski definition) is 4. The van der Waals surface area contributed by atoms with E-state index < -0.39 is 10.0 Å². The van der Waals surface area contributed by atoms with E-state index in [-0.39, 0.29) is 4.90 Å². The van der Waals surface area contributed by atoms with Gasteiger partial charge in [-0.05, 0) is 71.1 Å². The van der Waals surface area contributed by atoms with Crippen molar-refractivity contribution in [1.29, 1.82) is 0 Å². The van der Waals surface area contributed by atoms with E-state index in [4.69, 9.17) is 5.73 Å². The molecule has 2 N–H and O–H groups in total. The van der Waals surface area contributed by atoms with Crippen LogP contribution in [0.15, 0.2) is 26.0 Å². The third-order valence-corrected chi connectivity index (χ3v) is 6.84. The Hall–Kier alpha value is -0.150. The smallest absolute Gasteiger partial charge is 0.245 e. The van der Waals surface area contributed by atoms with Crippen LogP contribution >= 0.6 is 31.9 Å². The van der Waals surface area contributed by atoms with Crippen LogP contribution in [0.4, 0.5) is 5.69 Å². The fraction of sp³-hybridized carbons (Fsp3) is 0.538. The third-order valence-electron chi connectivity index (χ3n) is 2.98. The average molecular weight is 443 g/mol. The molecule has 0 fully saturated rings. The molecule has 8 heteroatoms. The van der Waals surface area contributed by atoms with Crippen LogP contribution in [-0.2, 0) is 10.0 Å². The molecule has 0 bridgehead atoms. The zero-order valence-corrected chi connectivity index (χ0v) is 16.4. The van der Waals surface area contributed by atoms with E-state index in [1.807, 2.05) is 25.9 Å². The Kier molecular flexibility index (Phi) is 7.12. The molecule has 0 aromatic heterocycles. The van der Waals surface area contributed by atoms with Gasteiger partial charge in [0.2, 0.25) is 10.0 Å². The fourth-order valence-electron chi connectivity index (χ4n) is 1.97. The van der Waals surface area contributed by atoms with Gasteiger partial charge in [-0.3, -0.25) is 0 Å². The Balaban J connectivity index is 3.08. The van der Waals surface area contributed by atoms with Gasteiger partial charge in [-0.15, -0.1) is 0 Å². The molecule has 120 valence electrons. The number of rotatable bonds is 7. The van der Waals surface area contributed by atoms with Crippen LogP contribution in [0.25, 0.3) is 0 Å². The first kappa shape index (κ1) is 18.9. The van der Waals surface area contributed by atoms with Crippen molar-refractivity contribution in [2.45, 2.75) is 18.2 Å². The minimum atomic E-state index is -3.56. The molecule has 0 aliphatic carbocycles. The molecule has 0 saturated heterocycles. The molecule has 1 aromatic rings. The lowest BCUT2D eigenvalue weighted by Crippen LogP contribution is -2.33. The molecule has 1 aromatic carbocycles. The second kappa shape index (κ2) is 7.92. The zero-order valence-electron chi connectivity index (χ0n) is 12.4. The van der Waals surface area contributed by atoms with Crippen LogP contribution in [0.1, 0.15) is 13.3 Å². The molecule has 1 rings (SSSR count). The van der Waals surface area contributed by atoms with Crippen molar-refractivity contribution in [2.75, 3.05) is 39.5 Å². The Morgan fingerprint density at radius 2 is 1.67 bits per heavy atom. The van der Waals surface area contributed by atoms with Gasteiger partial charge in [-0.2, -0.15) is 4.31 Å². The number of nitrogen functional groups attached to an aromatic ring is 1. The molecular formula is C13H21Br2N3O2S. The highest BCUT2D eigenvalue weighted by Gasteiger charge is 2.27. The van der Waals surface area contributed by atoms with Crippen molar-refractivity contribution in [3.05, 3.63) is 21.1 Å². The van der Waals surface area contributed by atoms with E-state index in [2.05, 4.69) is 31.9 Å². The van der Waals surface area contributed by atoms with Crippen LogP contribution < -0.4 is 5.73 Å². The molecule has 0 heterocycles. The quantitative estimate of drug-likeness (QED) is 0.659. The number of nitrogens with two attached hydrogens (primary N) is 1. The molecule has 5 nitrogen and oxygen atoms in total. The molecule has 0 atom stereocenters. The van der Waals surface area contributed by atoms with E-state index in [1.54, 1.807) is 12.1 Å². The maximum Gasteiger partial charge on any atom is 0.245 e. The summed E-state index contributed by atoms with van der Waals surface area (Å²) in [5.41, 5.74) is 6.22. The summed E-state index contributed by atoms with van der Waals surface area (Å²) in [4.78, 5) is 2.26. The summed E-state index contributed by atoms with van der Waals surface area (Å²) >= 11 is 6.60. The van der Waals surface area contributed by atoms with Gasteiger partial charge in [0.1, 0.15) is 4.90 Å². The van der Waals surface area contributed by atoms with Gasteiger partial charge in [0.05, 0.1) is 0 Å². The molecule has 0 aliphatic heterocycles. The van der Waals surface area contributed by atoms with Crippen molar-refractivity contribution in [1.82, 2.24) is 9.21 Å². The summed E-state index contributed by atoms with van der Waals surface area (Å²) in [6.45, 7) is 3.60. The standard InChI is InChI=1S/C13H21Br2N3O2S/c1-4-18(7-5-6-17(2)3)21(19,20)13-11(14)8-10(16)9-12(13)15/h8-9H,4-7,16H2,1-3H3. The summed E-state index contributed by atoms with van der Waals surface area (Å²) in [5, 5.41) is 0. The Bertz CT molecular complexity index is 568. The van der Waals surface area contributed by atoms with Gasteiger partial charge < -0.3 is 10.6 Å². The Morgan fingerprint density at radius 3 is 2.10 bits per heavy atom. The van der Waals surface area contributed by atoms with Gasteiger partial charge in [0.25, 0.3) is 0 Å². The van der Waals surface area contributed by atoms with E-state index in [0.717, 1.165) is 13.0 Å². The molecule has 0 amide bonds. The number of sulfonamides is 1. The van der Waals surface area contributed by atoms with Gasteiger partial charge in [0, 0.05) is 27.7 Å². The molecule has 0 spiro atoms. The summed E-state index contributed by atoms with van der Waals surface area (Å²) in [5.74, 6) is 0. The SMILES string of the molecule is CCN(CCCN(C)C)S(=O)(=O)c1c(Br)cc(N)cc1Br. The van der Waals surface area contributed by atoms with Crippen molar-refractivity contribution < 1.29 is 8.42 Å². The zero-order chi connectivity index (χ0) is 16.2. The second-order valence-electron chi connectivity index (χ2n) is 4.97. The molecule has 0 saturated carbocycles. The fourth-order valence-corrected chi connectivity index (χ4v) is 5.99. The Morgan fingerprint density at radius 1 is 1.14 bits per heavy atom. The number of benzene rings is 1. The number of hydrogen-bond donors (Lipinski definition) is 1. The van der Waals surface area contributed by atoms with Crippen LogP contribution in [0.3, 0.4) is 0 Å². The van der Waals surface area contributed by atoms with Crippen LogP contribution in [0.2, 0.25) is 0 Å². The van der Waals surface area contributed by atoms with Crippen LogP contribution in [-0.4, -0.2) is 51.4 Å². The summed E-state index contributed by atoms with van der Waals surface area (Å²) < 4.78 is 28.0.